The predicted octanol–water partition coefficient (Wildman–Crippen LogP) is 3.00. The monoisotopic (exact) mass is 348 g/mol. The van der Waals surface area contributed by atoms with E-state index in [2.05, 4.69) is 37.3 Å². The number of carbonyl (C=O) groups excluding carboxylic acids is 1. The van der Waals surface area contributed by atoms with Crippen molar-refractivity contribution in [2.45, 2.75) is 65.5 Å². The fraction of sp³-hybridized carbons (Fsp3) is 0.625. The van der Waals surface area contributed by atoms with E-state index in [1.165, 1.54) is 11.3 Å². The molecule has 0 bridgehead atoms. The van der Waals surface area contributed by atoms with Gasteiger partial charge in [0.05, 0.1) is 16.2 Å². The SMILES string of the molecule is CCc1nc(C)c(NC(=O)NC(C)(C)c2nnc3n2CCCC3)s1. The van der Waals surface area contributed by atoms with Crippen LogP contribution in [0.1, 0.15) is 56.0 Å². The minimum absolute atomic E-state index is 0.248. The lowest BCUT2D eigenvalue weighted by Crippen LogP contribution is -2.45. The van der Waals surface area contributed by atoms with Crippen LogP contribution in [0.4, 0.5) is 9.80 Å². The van der Waals surface area contributed by atoms with Crippen LogP contribution in [-0.2, 0) is 24.9 Å². The van der Waals surface area contributed by atoms with Gasteiger partial charge in [-0.3, -0.25) is 5.32 Å². The molecular weight excluding hydrogens is 324 g/mol. The highest BCUT2D eigenvalue weighted by Crippen LogP contribution is 2.26. The minimum atomic E-state index is -0.598. The van der Waals surface area contributed by atoms with Crippen molar-refractivity contribution in [1.29, 1.82) is 0 Å². The number of hydrogen-bond acceptors (Lipinski definition) is 5. The van der Waals surface area contributed by atoms with E-state index in [0.717, 1.165) is 59.6 Å². The molecule has 24 heavy (non-hydrogen) atoms. The van der Waals surface area contributed by atoms with Crippen molar-refractivity contribution < 1.29 is 4.79 Å². The number of fused-ring (bicyclic) bond motifs is 1. The summed E-state index contributed by atoms with van der Waals surface area (Å²) in [5, 5.41) is 16.3. The molecular formula is C16H24N6OS. The third-order valence-corrected chi connectivity index (χ3v) is 5.43. The van der Waals surface area contributed by atoms with Crippen LogP contribution >= 0.6 is 11.3 Å². The average Bonchev–Trinajstić information content (AvgIpc) is 3.11. The molecule has 3 rings (SSSR count). The topological polar surface area (TPSA) is 84.7 Å². The fourth-order valence-corrected chi connectivity index (χ4v) is 3.86. The van der Waals surface area contributed by atoms with Crippen LogP contribution < -0.4 is 10.6 Å². The second-order valence-electron chi connectivity index (χ2n) is 6.63. The quantitative estimate of drug-likeness (QED) is 0.889. The van der Waals surface area contributed by atoms with Gasteiger partial charge >= 0.3 is 6.03 Å². The van der Waals surface area contributed by atoms with Crippen molar-refractivity contribution in [2.24, 2.45) is 0 Å². The molecule has 2 amide bonds. The summed E-state index contributed by atoms with van der Waals surface area (Å²) >= 11 is 1.52. The lowest BCUT2D eigenvalue weighted by atomic mass is 10.0. The van der Waals surface area contributed by atoms with E-state index >= 15 is 0 Å². The van der Waals surface area contributed by atoms with Crippen LogP contribution in [0, 0.1) is 6.92 Å². The molecule has 0 radical (unpaired) electrons. The highest BCUT2D eigenvalue weighted by atomic mass is 32.1. The van der Waals surface area contributed by atoms with Gasteiger partial charge in [-0.1, -0.05) is 6.92 Å². The third kappa shape index (κ3) is 3.28. The Morgan fingerprint density at radius 2 is 2.12 bits per heavy atom. The normalized spacial score (nSPS) is 14.3. The Kier molecular flexibility index (Phi) is 4.58. The Labute approximate surface area is 145 Å². The molecule has 0 atom stereocenters. The smallest absolute Gasteiger partial charge is 0.320 e. The molecule has 1 aliphatic heterocycles. The second kappa shape index (κ2) is 6.51. The molecule has 0 fully saturated rings. The molecule has 0 saturated carbocycles. The first-order valence-electron chi connectivity index (χ1n) is 8.38. The summed E-state index contributed by atoms with van der Waals surface area (Å²) in [6.45, 7) is 8.79. The van der Waals surface area contributed by atoms with Crippen LogP contribution in [0.15, 0.2) is 0 Å². The number of nitrogens with zero attached hydrogens (tertiary/aromatic N) is 4. The van der Waals surface area contributed by atoms with Crippen molar-refractivity contribution in [2.75, 3.05) is 5.32 Å². The zero-order valence-electron chi connectivity index (χ0n) is 14.6. The number of aryl methyl sites for hydroxylation is 3. The maximum absolute atomic E-state index is 12.4. The molecule has 7 nitrogen and oxygen atoms in total. The lowest BCUT2D eigenvalue weighted by Gasteiger charge is -2.27. The van der Waals surface area contributed by atoms with Crippen molar-refractivity contribution >= 4 is 22.4 Å². The molecule has 3 heterocycles. The van der Waals surface area contributed by atoms with Gasteiger partial charge in [-0.2, -0.15) is 0 Å². The highest BCUT2D eigenvalue weighted by molar-refractivity contribution is 7.16. The largest absolute Gasteiger partial charge is 0.326 e. The van der Waals surface area contributed by atoms with E-state index < -0.39 is 5.54 Å². The van der Waals surface area contributed by atoms with E-state index in [4.69, 9.17) is 0 Å². The van der Waals surface area contributed by atoms with Crippen LogP contribution in [0.5, 0.6) is 0 Å². The molecule has 0 saturated heterocycles. The summed E-state index contributed by atoms with van der Waals surface area (Å²) in [5.41, 5.74) is 0.253. The Bertz CT molecular complexity index is 748. The van der Waals surface area contributed by atoms with E-state index in [9.17, 15) is 4.79 Å². The van der Waals surface area contributed by atoms with E-state index in [1.54, 1.807) is 0 Å². The van der Waals surface area contributed by atoms with Gasteiger partial charge in [0.15, 0.2) is 5.82 Å². The number of carbonyl (C=O) groups is 1. The molecule has 0 aliphatic carbocycles. The zero-order valence-corrected chi connectivity index (χ0v) is 15.5. The maximum Gasteiger partial charge on any atom is 0.320 e. The lowest BCUT2D eigenvalue weighted by molar-refractivity contribution is 0.239. The van der Waals surface area contributed by atoms with Crippen LogP contribution in [-0.4, -0.2) is 25.8 Å². The summed E-state index contributed by atoms with van der Waals surface area (Å²) in [4.78, 5) is 16.9. The van der Waals surface area contributed by atoms with Gasteiger partial charge in [0, 0.05) is 13.0 Å². The van der Waals surface area contributed by atoms with Crippen molar-refractivity contribution in [3.8, 4) is 0 Å². The number of aromatic nitrogens is 4. The fourth-order valence-electron chi connectivity index (χ4n) is 2.96. The van der Waals surface area contributed by atoms with Gasteiger partial charge < -0.3 is 9.88 Å². The molecule has 0 aromatic carbocycles. The number of anilines is 1. The average molecular weight is 348 g/mol. The number of rotatable bonds is 4. The molecule has 2 aromatic heterocycles. The van der Waals surface area contributed by atoms with Gasteiger partial charge in [0.25, 0.3) is 0 Å². The molecule has 1 aliphatic rings. The van der Waals surface area contributed by atoms with Gasteiger partial charge in [0.1, 0.15) is 10.8 Å². The standard InChI is InChI=1S/C16H24N6OS/c1-5-12-17-10(2)13(24-12)18-15(23)19-16(3,4)14-21-20-11-8-6-7-9-22(11)14/h5-9H2,1-4H3,(H2,18,19,23). The summed E-state index contributed by atoms with van der Waals surface area (Å²) in [7, 11) is 0. The maximum atomic E-state index is 12.4. The molecule has 0 unspecified atom stereocenters. The Balaban J connectivity index is 1.73. The summed E-state index contributed by atoms with van der Waals surface area (Å²) in [5.74, 6) is 1.82. The van der Waals surface area contributed by atoms with E-state index in [1.807, 2.05) is 20.8 Å². The number of thiazole rings is 1. The third-order valence-electron chi connectivity index (χ3n) is 4.21. The minimum Gasteiger partial charge on any atom is -0.326 e. The summed E-state index contributed by atoms with van der Waals surface area (Å²) in [6.07, 6.45) is 4.10. The molecule has 130 valence electrons. The van der Waals surface area contributed by atoms with E-state index in [-0.39, 0.29) is 6.03 Å². The van der Waals surface area contributed by atoms with Crippen molar-refractivity contribution in [3.63, 3.8) is 0 Å². The molecule has 2 N–H and O–H groups in total. The van der Waals surface area contributed by atoms with Crippen LogP contribution in [0.3, 0.4) is 0 Å². The van der Waals surface area contributed by atoms with Crippen molar-refractivity contribution in [1.82, 2.24) is 25.1 Å². The number of hydrogen-bond donors (Lipinski definition) is 2. The van der Waals surface area contributed by atoms with Gasteiger partial charge in [-0.25, -0.2) is 9.78 Å². The Morgan fingerprint density at radius 1 is 1.33 bits per heavy atom. The van der Waals surface area contributed by atoms with Gasteiger partial charge in [-0.05, 0) is 40.0 Å². The first-order chi connectivity index (χ1) is 11.4. The molecule has 0 spiro atoms. The van der Waals surface area contributed by atoms with Crippen molar-refractivity contribution in [3.05, 3.63) is 22.4 Å². The molecule has 8 heteroatoms. The van der Waals surface area contributed by atoms with Crippen LogP contribution in [0.25, 0.3) is 0 Å². The number of nitrogens with one attached hydrogen (secondary N) is 2. The number of urea groups is 1. The number of amides is 2. The summed E-state index contributed by atoms with van der Waals surface area (Å²) in [6, 6.07) is -0.248. The Hall–Kier alpha value is -1.96. The predicted molar refractivity (Wildman–Crippen MR) is 94.4 cm³/mol. The van der Waals surface area contributed by atoms with E-state index in [0.29, 0.717) is 0 Å². The second-order valence-corrected chi connectivity index (χ2v) is 7.71. The Morgan fingerprint density at radius 3 is 2.83 bits per heavy atom. The molecule has 2 aromatic rings. The van der Waals surface area contributed by atoms with Gasteiger partial charge in [0.2, 0.25) is 0 Å². The summed E-state index contributed by atoms with van der Waals surface area (Å²) < 4.78 is 2.14. The zero-order chi connectivity index (χ0) is 17.3. The first-order valence-corrected chi connectivity index (χ1v) is 9.20. The highest BCUT2D eigenvalue weighted by Gasteiger charge is 2.31. The van der Waals surface area contributed by atoms with Crippen LogP contribution in [0.2, 0.25) is 0 Å². The van der Waals surface area contributed by atoms with Gasteiger partial charge in [-0.15, -0.1) is 21.5 Å². The first kappa shape index (κ1) is 16.9.